The van der Waals surface area contributed by atoms with Gasteiger partial charge in [-0.1, -0.05) is 87.3 Å². The zero-order chi connectivity index (χ0) is 54.9. The molecule has 3 rings (SSSR count). The van der Waals surface area contributed by atoms with Crippen LogP contribution in [-0.2, 0) is 49.4 Å². The summed E-state index contributed by atoms with van der Waals surface area (Å²) >= 11 is 1.07. The fourth-order valence-corrected chi connectivity index (χ4v) is 9.20. The van der Waals surface area contributed by atoms with Crippen molar-refractivity contribution in [2.45, 2.75) is 183 Å². The number of piperidine rings is 1. The van der Waals surface area contributed by atoms with Crippen LogP contribution in [-0.4, -0.2) is 124 Å². The number of ether oxygens (including phenoxy) is 4. The van der Waals surface area contributed by atoms with E-state index in [-0.39, 0.29) is 71.7 Å². The lowest BCUT2D eigenvalue weighted by molar-refractivity contribution is -0.161. The maximum Gasteiger partial charge on any atom is 0.408 e. The summed E-state index contributed by atoms with van der Waals surface area (Å²) in [6, 6.07) is 2.69. The number of benzene rings is 1. The predicted octanol–water partition coefficient (Wildman–Crippen LogP) is 7.46. The molecular formula is C53H82N6O13S. The van der Waals surface area contributed by atoms with Crippen LogP contribution in [0, 0.1) is 29.6 Å². The summed E-state index contributed by atoms with van der Waals surface area (Å²) in [4.78, 5) is 114. The average molecular weight is 1040 g/mol. The number of thiazole rings is 1. The van der Waals surface area contributed by atoms with Gasteiger partial charge >= 0.3 is 30.0 Å². The number of amides is 4. The van der Waals surface area contributed by atoms with Gasteiger partial charge in [0.1, 0.15) is 34.1 Å². The van der Waals surface area contributed by atoms with Crippen LogP contribution in [0.1, 0.15) is 162 Å². The molecule has 0 aliphatic carbocycles. The second kappa shape index (κ2) is 28.7. The molecule has 1 aliphatic rings. The summed E-state index contributed by atoms with van der Waals surface area (Å²) < 4.78 is 22.5. The molecule has 2 heterocycles. The van der Waals surface area contributed by atoms with Crippen molar-refractivity contribution in [3.63, 3.8) is 0 Å². The number of carboxylic acids is 1. The third-order valence-corrected chi connectivity index (χ3v) is 13.6. The quantitative estimate of drug-likeness (QED) is 0.0309. The van der Waals surface area contributed by atoms with Crippen LogP contribution in [0.4, 0.5) is 4.79 Å². The molecule has 1 aromatic heterocycles. The molecule has 20 heteroatoms. The van der Waals surface area contributed by atoms with Crippen molar-refractivity contribution in [3.8, 4) is 5.75 Å². The monoisotopic (exact) mass is 1040 g/mol. The number of esters is 3. The van der Waals surface area contributed by atoms with E-state index in [1.807, 2.05) is 53.5 Å². The number of carbonyl (C=O) groups is 8. The highest BCUT2D eigenvalue weighted by atomic mass is 32.1. The number of rotatable bonds is 26. The molecule has 0 unspecified atom stereocenters. The number of aliphatic carboxylic acids is 1. The molecule has 1 aliphatic heterocycles. The second-order valence-electron chi connectivity index (χ2n) is 21.4. The maximum absolute atomic E-state index is 14.9. The van der Waals surface area contributed by atoms with Crippen LogP contribution in [0.3, 0.4) is 0 Å². The van der Waals surface area contributed by atoms with Crippen molar-refractivity contribution >= 4 is 59.0 Å². The van der Waals surface area contributed by atoms with E-state index >= 15 is 0 Å². The highest BCUT2D eigenvalue weighted by Gasteiger charge is 2.40. The van der Waals surface area contributed by atoms with E-state index < -0.39 is 96.3 Å². The molecule has 1 aromatic carbocycles. The van der Waals surface area contributed by atoms with Crippen molar-refractivity contribution < 1.29 is 62.4 Å². The van der Waals surface area contributed by atoms with Gasteiger partial charge in [-0.15, -0.1) is 11.3 Å². The van der Waals surface area contributed by atoms with Crippen molar-refractivity contribution in [2.24, 2.45) is 29.6 Å². The van der Waals surface area contributed by atoms with Gasteiger partial charge in [-0.25, -0.2) is 14.6 Å². The Hall–Kier alpha value is -5.63. The molecule has 4 amide bonds. The standard InChI is InChI=1S/C53H82N6O13S/c1-15-33(8)45(56-47(63)40-18-16-17-23-58(40)14)49(64)59(29-69-43(61)24-30(2)3)41(31(4)5)27-42(70-35(10)60)48-55-39(28-73-48)46(62)54-37(25-34(9)50(65)66)26-36-19-21-38(22-20-36)71-51(67)44(32(6)7)57-52(68)72-53(11,12)13/h19-22,28,30-34,37,40-42,44-45H,15-18,23-27,29H2,1-14H3,(H,54,62)(H,56,63)(H,57,68)(H,65,66)/t33-,34-,37+,40+,41+,42+,44+,45-/m0/s1. The smallest absolute Gasteiger partial charge is 0.408 e. The van der Waals surface area contributed by atoms with Crippen LogP contribution in [0.2, 0.25) is 0 Å². The molecule has 2 aromatic rings. The first-order chi connectivity index (χ1) is 34.1. The Morgan fingerprint density at radius 3 is 2.10 bits per heavy atom. The van der Waals surface area contributed by atoms with E-state index in [2.05, 4.69) is 20.9 Å². The van der Waals surface area contributed by atoms with Gasteiger partial charge in [0.15, 0.2) is 12.8 Å². The van der Waals surface area contributed by atoms with Gasteiger partial charge in [0, 0.05) is 37.2 Å². The van der Waals surface area contributed by atoms with Gasteiger partial charge in [0.2, 0.25) is 11.8 Å². The van der Waals surface area contributed by atoms with Gasteiger partial charge < -0.3 is 44.9 Å². The fraction of sp³-hybridized carbons (Fsp3) is 0.679. The number of likely N-dealkylation sites (tertiary alicyclic amines) is 1. The first-order valence-corrected chi connectivity index (χ1v) is 26.4. The van der Waals surface area contributed by atoms with Gasteiger partial charge in [-0.3, -0.25) is 33.7 Å². The molecule has 0 radical (unpaired) electrons. The SMILES string of the molecule is CC[C@H](C)[C@H](NC(=O)[C@H]1CCCCN1C)C(=O)N(COC(=O)CC(C)C)[C@H](C[C@@H](OC(C)=O)c1nc(C(=O)N[C@@H](Cc2ccc(OC(=O)[C@H](NC(=O)OC(C)(C)C)C(C)C)cc2)C[C@H](C)C(=O)O)cs1)C(C)C. The molecule has 0 bridgehead atoms. The fourth-order valence-electron chi connectivity index (χ4n) is 8.36. The number of alkyl carbamates (subject to hydrolysis) is 1. The van der Waals surface area contributed by atoms with Gasteiger partial charge in [-0.05, 0) is 101 Å². The normalized spacial score (nSPS) is 17.0. The lowest BCUT2D eigenvalue weighted by Gasteiger charge is -2.39. The summed E-state index contributed by atoms with van der Waals surface area (Å²) in [7, 11) is 1.89. The van der Waals surface area contributed by atoms with E-state index in [9.17, 15) is 43.5 Å². The minimum atomic E-state index is -1.06. The van der Waals surface area contributed by atoms with Crippen molar-refractivity contribution in [1.82, 2.24) is 30.7 Å². The Labute approximate surface area is 435 Å². The molecule has 4 N–H and O–H groups in total. The highest BCUT2D eigenvalue weighted by Crippen LogP contribution is 2.32. The van der Waals surface area contributed by atoms with E-state index in [0.717, 1.165) is 30.7 Å². The van der Waals surface area contributed by atoms with Gasteiger partial charge in [-0.2, -0.15) is 0 Å². The zero-order valence-corrected chi connectivity index (χ0v) is 46.2. The van der Waals surface area contributed by atoms with Crippen molar-refractivity contribution in [1.29, 1.82) is 0 Å². The van der Waals surface area contributed by atoms with Gasteiger partial charge in [0.25, 0.3) is 5.91 Å². The third-order valence-electron chi connectivity index (χ3n) is 12.6. The molecule has 0 spiro atoms. The lowest BCUT2D eigenvalue weighted by atomic mass is 9.92. The van der Waals surface area contributed by atoms with Crippen LogP contribution in [0.25, 0.3) is 0 Å². The van der Waals surface area contributed by atoms with Crippen LogP contribution in [0.15, 0.2) is 29.6 Å². The summed E-state index contributed by atoms with van der Waals surface area (Å²) in [5, 5.41) is 20.1. The van der Waals surface area contributed by atoms with E-state index in [1.54, 1.807) is 58.9 Å². The Bertz CT molecular complexity index is 2170. The Balaban J connectivity index is 1.91. The highest BCUT2D eigenvalue weighted by molar-refractivity contribution is 7.09. The molecule has 0 saturated carbocycles. The Morgan fingerprint density at radius 2 is 1.55 bits per heavy atom. The van der Waals surface area contributed by atoms with Crippen LogP contribution < -0.4 is 20.7 Å². The zero-order valence-electron chi connectivity index (χ0n) is 45.4. The molecule has 1 fully saturated rings. The molecule has 73 heavy (non-hydrogen) atoms. The number of hydrogen-bond acceptors (Lipinski definition) is 15. The summed E-state index contributed by atoms with van der Waals surface area (Å²) in [5.41, 5.74) is -0.0997. The lowest BCUT2D eigenvalue weighted by Crippen LogP contribution is -2.59. The minimum absolute atomic E-state index is 0.00569. The third kappa shape index (κ3) is 20.3. The Morgan fingerprint density at radius 1 is 0.890 bits per heavy atom. The molecular weight excluding hydrogens is 961 g/mol. The Kier molecular flexibility index (Phi) is 24.3. The largest absolute Gasteiger partial charge is 0.481 e. The summed E-state index contributed by atoms with van der Waals surface area (Å²) in [5.74, 6) is -5.81. The summed E-state index contributed by atoms with van der Waals surface area (Å²) in [6.07, 6.45) is 1.59. The maximum atomic E-state index is 14.9. The average Bonchev–Trinajstić information content (AvgIpc) is 3.79. The molecule has 8 atom stereocenters. The van der Waals surface area contributed by atoms with E-state index in [1.165, 1.54) is 24.1 Å². The number of nitrogens with one attached hydrogen (secondary N) is 3. The van der Waals surface area contributed by atoms with Crippen LogP contribution in [0.5, 0.6) is 5.75 Å². The van der Waals surface area contributed by atoms with Crippen molar-refractivity contribution in [2.75, 3.05) is 20.3 Å². The van der Waals surface area contributed by atoms with E-state index in [0.29, 0.717) is 18.4 Å². The van der Waals surface area contributed by atoms with Crippen molar-refractivity contribution in [3.05, 3.63) is 45.9 Å². The first-order valence-electron chi connectivity index (χ1n) is 25.5. The summed E-state index contributed by atoms with van der Waals surface area (Å²) in [6.45, 7) is 23.1. The van der Waals surface area contributed by atoms with Gasteiger partial charge in [0.05, 0.1) is 12.0 Å². The number of likely N-dealkylation sites (N-methyl/N-ethyl adjacent to an activating group) is 1. The number of carbonyl (C=O) groups excluding carboxylic acids is 7. The number of hydrogen-bond donors (Lipinski definition) is 4. The number of nitrogens with zero attached hydrogens (tertiary/aromatic N) is 3. The number of carboxylic acid groups (broad SMARTS) is 1. The topological polar surface area (TPSA) is 249 Å². The first kappa shape index (κ1) is 61.7. The van der Waals surface area contributed by atoms with Crippen LogP contribution >= 0.6 is 11.3 Å². The van der Waals surface area contributed by atoms with E-state index in [4.69, 9.17) is 18.9 Å². The molecule has 19 nitrogen and oxygen atoms in total. The predicted molar refractivity (Wildman–Crippen MR) is 275 cm³/mol. The molecule has 408 valence electrons. The molecule has 1 saturated heterocycles. The minimum Gasteiger partial charge on any atom is -0.481 e. The second-order valence-corrected chi connectivity index (χ2v) is 22.3. The number of aromatic nitrogens is 1.